The number of rotatable bonds is 8. The van der Waals surface area contributed by atoms with Crippen LogP contribution in [0.25, 0.3) is 0 Å². The number of carbonyl (C=O) groups excluding carboxylic acids is 2. The zero-order valence-corrected chi connectivity index (χ0v) is 12.8. The molecule has 1 aromatic carbocycles. The Morgan fingerprint density at radius 3 is 2.42 bits per heavy atom. The molecular formula is C14H16F3N3O4. The van der Waals surface area contributed by atoms with Crippen LogP contribution in [0, 0.1) is 10.1 Å². The fourth-order valence-corrected chi connectivity index (χ4v) is 1.79. The third kappa shape index (κ3) is 6.23. The SMILES string of the molecule is CC(=O)CCC(=O)NCCNc1ccc(C(F)(F)F)cc1[N+](=O)[O-]. The first-order valence-electron chi connectivity index (χ1n) is 6.97. The van der Waals surface area contributed by atoms with Crippen LogP contribution >= 0.6 is 0 Å². The summed E-state index contributed by atoms with van der Waals surface area (Å²) in [6.07, 6.45) is -4.52. The Balaban J connectivity index is 2.60. The van der Waals surface area contributed by atoms with Crippen molar-refractivity contribution in [2.24, 2.45) is 0 Å². The second-order valence-corrected chi connectivity index (χ2v) is 4.97. The van der Waals surface area contributed by atoms with Crippen molar-refractivity contribution in [1.82, 2.24) is 5.32 Å². The lowest BCUT2D eigenvalue weighted by molar-refractivity contribution is -0.384. The summed E-state index contributed by atoms with van der Waals surface area (Å²) in [4.78, 5) is 32.1. The third-order valence-electron chi connectivity index (χ3n) is 2.99. The number of benzene rings is 1. The zero-order chi connectivity index (χ0) is 18.3. The van der Waals surface area contributed by atoms with Crippen molar-refractivity contribution in [3.05, 3.63) is 33.9 Å². The van der Waals surface area contributed by atoms with Gasteiger partial charge in [-0.2, -0.15) is 13.2 Å². The minimum atomic E-state index is -4.67. The molecule has 0 aliphatic carbocycles. The molecule has 0 bridgehead atoms. The first-order chi connectivity index (χ1) is 11.1. The fourth-order valence-electron chi connectivity index (χ4n) is 1.79. The molecule has 0 radical (unpaired) electrons. The average molecular weight is 347 g/mol. The quantitative estimate of drug-likeness (QED) is 0.427. The summed E-state index contributed by atoms with van der Waals surface area (Å²) in [5, 5.41) is 16.0. The van der Waals surface area contributed by atoms with Crippen LogP contribution in [0.5, 0.6) is 0 Å². The molecule has 7 nitrogen and oxygen atoms in total. The lowest BCUT2D eigenvalue weighted by Gasteiger charge is -2.11. The molecule has 24 heavy (non-hydrogen) atoms. The topological polar surface area (TPSA) is 101 Å². The van der Waals surface area contributed by atoms with Gasteiger partial charge in [0.1, 0.15) is 11.5 Å². The largest absolute Gasteiger partial charge is 0.416 e. The molecule has 1 amide bonds. The minimum absolute atomic E-state index is 0.0375. The number of nitrogens with zero attached hydrogens (tertiary/aromatic N) is 1. The Labute approximate surface area is 135 Å². The number of carbonyl (C=O) groups is 2. The van der Waals surface area contributed by atoms with Gasteiger partial charge in [-0.1, -0.05) is 0 Å². The molecule has 0 fully saturated rings. The van der Waals surface area contributed by atoms with Crippen molar-refractivity contribution in [3.63, 3.8) is 0 Å². The number of nitrogens with one attached hydrogen (secondary N) is 2. The van der Waals surface area contributed by atoms with Gasteiger partial charge in [0.2, 0.25) is 5.91 Å². The molecule has 0 saturated heterocycles. The average Bonchev–Trinajstić information content (AvgIpc) is 2.48. The lowest BCUT2D eigenvalue weighted by atomic mass is 10.1. The molecule has 10 heteroatoms. The Hall–Kier alpha value is -2.65. The van der Waals surface area contributed by atoms with Crippen LogP contribution in [0.3, 0.4) is 0 Å². The van der Waals surface area contributed by atoms with Crippen molar-refractivity contribution in [2.75, 3.05) is 18.4 Å². The van der Waals surface area contributed by atoms with Gasteiger partial charge in [0.15, 0.2) is 0 Å². The Kier molecular flexibility index (Phi) is 6.69. The molecule has 1 rings (SSSR count). The van der Waals surface area contributed by atoms with Crippen LogP contribution in [-0.4, -0.2) is 29.7 Å². The number of nitro benzene ring substituents is 1. The van der Waals surface area contributed by atoms with Gasteiger partial charge in [-0.25, -0.2) is 0 Å². The van der Waals surface area contributed by atoms with Crippen molar-refractivity contribution in [3.8, 4) is 0 Å². The number of nitro groups is 1. The minimum Gasteiger partial charge on any atom is -0.378 e. The maximum atomic E-state index is 12.6. The normalized spacial score (nSPS) is 11.0. The Bertz CT molecular complexity index is 632. The fraction of sp³-hybridized carbons (Fsp3) is 0.429. The molecular weight excluding hydrogens is 331 g/mol. The maximum absolute atomic E-state index is 12.6. The van der Waals surface area contributed by atoms with Crippen molar-refractivity contribution in [2.45, 2.75) is 25.9 Å². The van der Waals surface area contributed by atoms with Crippen molar-refractivity contribution in [1.29, 1.82) is 0 Å². The van der Waals surface area contributed by atoms with E-state index in [-0.39, 0.29) is 43.3 Å². The van der Waals surface area contributed by atoms with Crippen LogP contribution < -0.4 is 10.6 Å². The van der Waals surface area contributed by atoms with Crippen LogP contribution in [0.1, 0.15) is 25.3 Å². The summed E-state index contributed by atoms with van der Waals surface area (Å²) in [5.74, 6) is -0.474. The van der Waals surface area contributed by atoms with Crippen molar-refractivity contribution >= 4 is 23.1 Å². The molecule has 2 N–H and O–H groups in total. The number of Topliss-reactive ketones (excluding diaryl/α,β-unsaturated/α-hetero) is 1. The van der Waals surface area contributed by atoms with E-state index in [1.807, 2.05) is 0 Å². The zero-order valence-electron chi connectivity index (χ0n) is 12.8. The summed E-state index contributed by atoms with van der Waals surface area (Å²) < 4.78 is 37.7. The van der Waals surface area contributed by atoms with Gasteiger partial charge >= 0.3 is 6.18 Å². The standard InChI is InChI=1S/C14H16F3N3O4/c1-9(21)2-5-13(22)19-7-6-18-11-4-3-10(14(15,16)17)8-12(11)20(23)24/h3-4,8,18H,2,5-7H2,1H3,(H,19,22). The summed E-state index contributed by atoms with van der Waals surface area (Å²) in [6.45, 7) is 1.55. The molecule has 0 aliphatic rings. The molecule has 0 unspecified atom stereocenters. The van der Waals surface area contributed by atoms with Gasteiger partial charge in [0.05, 0.1) is 10.5 Å². The van der Waals surface area contributed by atoms with E-state index >= 15 is 0 Å². The van der Waals surface area contributed by atoms with Gasteiger partial charge < -0.3 is 15.4 Å². The molecule has 0 heterocycles. The Morgan fingerprint density at radius 2 is 1.88 bits per heavy atom. The van der Waals surface area contributed by atoms with Gasteiger partial charge in [-0.15, -0.1) is 0 Å². The van der Waals surface area contributed by atoms with E-state index in [4.69, 9.17) is 0 Å². The highest BCUT2D eigenvalue weighted by atomic mass is 19.4. The lowest BCUT2D eigenvalue weighted by Crippen LogP contribution is -2.29. The predicted molar refractivity (Wildman–Crippen MR) is 79.5 cm³/mol. The van der Waals surface area contributed by atoms with E-state index in [0.717, 1.165) is 12.1 Å². The van der Waals surface area contributed by atoms with Crippen LogP contribution in [-0.2, 0) is 15.8 Å². The second kappa shape index (κ2) is 8.27. The number of ketones is 1. The van der Waals surface area contributed by atoms with Gasteiger partial charge in [0.25, 0.3) is 5.69 Å². The van der Waals surface area contributed by atoms with Crippen LogP contribution in [0.4, 0.5) is 24.5 Å². The number of halogens is 3. The van der Waals surface area contributed by atoms with E-state index in [1.165, 1.54) is 6.92 Å². The predicted octanol–water partition coefficient (Wildman–Crippen LogP) is 2.51. The Morgan fingerprint density at radius 1 is 1.21 bits per heavy atom. The van der Waals surface area contributed by atoms with E-state index in [1.54, 1.807) is 0 Å². The van der Waals surface area contributed by atoms with Crippen LogP contribution in [0.2, 0.25) is 0 Å². The van der Waals surface area contributed by atoms with E-state index in [2.05, 4.69) is 10.6 Å². The summed E-state index contributed by atoms with van der Waals surface area (Å²) in [7, 11) is 0. The molecule has 0 aromatic heterocycles. The first kappa shape index (κ1) is 19.4. The third-order valence-corrected chi connectivity index (χ3v) is 2.99. The molecule has 0 saturated carbocycles. The first-order valence-corrected chi connectivity index (χ1v) is 6.97. The number of hydrogen-bond donors (Lipinski definition) is 2. The highest BCUT2D eigenvalue weighted by Crippen LogP contribution is 2.34. The number of alkyl halides is 3. The summed E-state index contributed by atoms with van der Waals surface area (Å²) in [6, 6.07) is 2.16. The van der Waals surface area contributed by atoms with E-state index < -0.39 is 22.4 Å². The summed E-state index contributed by atoms with van der Waals surface area (Å²) >= 11 is 0. The molecule has 0 aliphatic heterocycles. The second-order valence-electron chi connectivity index (χ2n) is 4.97. The van der Waals surface area contributed by atoms with Crippen LogP contribution in [0.15, 0.2) is 18.2 Å². The molecule has 0 atom stereocenters. The highest BCUT2D eigenvalue weighted by Gasteiger charge is 2.32. The molecule has 0 spiro atoms. The maximum Gasteiger partial charge on any atom is 0.416 e. The monoisotopic (exact) mass is 347 g/mol. The van der Waals surface area contributed by atoms with Crippen molar-refractivity contribution < 1.29 is 27.7 Å². The van der Waals surface area contributed by atoms with Gasteiger partial charge in [0, 0.05) is 32.0 Å². The number of anilines is 1. The smallest absolute Gasteiger partial charge is 0.378 e. The molecule has 132 valence electrons. The van der Waals surface area contributed by atoms with Gasteiger partial charge in [-0.05, 0) is 19.1 Å². The van der Waals surface area contributed by atoms with E-state index in [0.29, 0.717) is 6.07 Å². The highest BCUT2D eigenvalue weighted by molar-refractivity contribution is 5.83. The van der Waals surface area contributed by atoms with Gasteiger partial charge in [-0.3, -0.25) is 14.9 Å². The number of amides is 1. The number of hydrogen-bond acceptors (Lipinski definition) is 5. The molecule has 1 aromatic rings. The van der Waals surface area contributed by atoms with E-state index in [9.17, 15) is 32.9 Å². The summed E-state index contributed by atoms with van der Waals surface area (Å²) in [5.41, 5.74) is -1.89.